The standard InChI is InChI=1S/C21H14ClNO4S/c1-2-27-21(26)16-15-17(24)13-5-3-4-6-14(13)18(25)19(15)28-20(16)23-12-9-7-11(22)8-10-12/h3-10,23H,2H2,1H3. The van der Waals surface area contributed by atoms with Crippen LogP contribution in [0.3, 0.4) is 0 Å². The van der Waals surface area contributed by atoms with Crippen molar-refractivity contribution in [2.24, 2.45) is 0 Å². The lowest BCUT2D eigenvalue weighted by Crippen LogP contribution is -2.21. The number of carbonyl (C=O) groups excluding carboxylic acids is 3. The molecule has 140 valence electrons. The molecule has 0 amide bonds. The van der Waals surface area contributed by atoms with E-state index >= 15 is 0 Å². The van der Waals surface area contributed by atoms with E-state index in [1.54, 1.807) is 55.5 Å². The quantitative estimate of drug-likeness (QED) is 0.473. The Kier molecular flexibility index (Phi) is 4.75. The SMILES string of the molecule is CCOC(=O)c1c(Nc2ccc(Cl)cc2)sc2c1C(=O)c1ccccc1C2=O. The van der Waals surface area contributed by atoms with Crippen molar-refractivity contribution < 1.29 is 19.1 Å². The number of anilines is 2. The van der Waals surface area contributed by atoms with Crippen LogP contribution >= 0.6 is 22.9 Å². The van der Waals surface area contributed by atoms with Gasteiger partial charge in [0.1, 0.15) is 10.6 Å². The third-order valence-electron chi connectivity index (χ3n) is 4.34. The zero-order chi connectivity index (χ0) is 19.8. The second-order valence-electron chi connectivity index (χ2n) is 6.07. The first-order valence-corrected chi connectivity index (χ1v) is 9.75. The largest absolute Gasteiger partial charge is 0.462 e. The van der Waals surface area contributed by atoms with Crippen LogP contribution in [-0.4, -0.2) is 24.1 Å². The van der Waals surface area contributed by atoms with E-state index in [9.17, 15) is 14.4 Å². The van der Waals surface area contributed by atoms with Crippen molar-refractivity contribution in [1.29, 1.82) is 0 Å². The van der Waals surface area contributed by atoms with Crippen molar-refractivity contribution in [2.75, 3.05) is 11.9 Å². The molecule has 1 heterocycles. The molecule has 0 spiro atoms. The number of rotatable bonds is 4. The number of carbonyl (C=O) groups is 3. The van der Waals surface area contributed by atoms with E-state index in [0.29, 0.717) is 26.8 Å². The fourth-order valence-corrected chi connectivity index (χ4v) is 4.38. The molecule has 3 aromatic rings. The number of nitrogens with one attached hydrogen (secondary N) is 1. The minimum atomic E-state index is -0.642. The fourth-order valence-electron chi connectivity index (χ4n) is 3.09. The summed E-state index contributed by atoms with van der Waals surface area (Å²) in [6.07, 6.45) is 0. The molecule has 0 radical (unpaired) electrons. The third kappa shape index (κ3) is 3.00. The molecule has 0 saturated carbocycles. The van der Waals surface area contributed by atoms with E-state index in [4.69, 9.17) is 16.3 Å². The maximum atomic E-state index is 13.1. The first-order chi connectivity index (χ1) is 13.5. The molecule has 7 heteroatoms. The number of hydrogen-bond donors (Lipinski definition) is 1. The van der Waals surface area contributed by atoms with Crippen LogP contribution in [0.5, 0.6) is 0 Å². The first kappa shape index (κ1) is 18.4. The molecule has 4 rings (SSSR count). The number of halogens is 1. The van der Waals surface area contributed by atoms with Crippen molar-refractivity contribution in [3.63, 3.8) is 0 Å². The Morgan fingerprint density at radius 1 is 1.04 bits per heavy atom. The minimum absolute atomic E-state index is 0.0876. The number of thiophene rings is 1. The zero-order valence-electron chi connectivity index (χ0n) is 14.7. The maximum absolute atomic E-state index is 13.1. The van der Waals surface area contributed by atoms with Crippen molar-refractivity contribution in [3.05, 3.63) is 80.7 Å². The van der Waals surface area contributed by atoms with Crippen molar-refractivity contribution in [1.82, 2.24) is 0 Å². The molecule has 0 saturated heterocycles. The molecule has 0 unspecified atom stereocenters. The van der Waals surface area contributed by atoms with E-state index in [1.165, 1.54) is 0 Å². The molecule has 1 aliphatic rings. The molecule has 0 atom stereocenters. The molecule has 1 aromatic heterocycles. The van der Waals surface area contributed by atoms with Gasteiger partial charge in [-0.3, -0.25) is 9.59 Å². The lowest BCUT2D eigenvalue weighted by Gasteiger charge is -2.14. The van der Waals surface area contributed by atoms with Gasteiger partial charge >= 0.3 is 5.97 Å². The van der Waals surface area contributed by atoms with Crippen molar-refractivity contribution in [2.45, 2.75) is 6.92 Å². The summed E-state index contributed by atoms with van der Waals surface area (Å²) in [7, 11) is 0. The molecular formula is C21H14ClNO4S. The van der Waals surface area contributed by atoms with Crippen molar-refractivity contribution in [3.8, 4) is 0 Å². The first-order valence-electron chi connectivity index (χ1n) is 8.56. The van der Waals surface area contributed by atoms with E-state index in [2.05, 4.69) is 5.32 Å². The van der Waals surface area contributed by atoms with Crippen LogP contribution in [0.2, 0.25) is 5.02 Å². The van der Waals surface area contributed by atoms with Crippen LogP contribution in [0.15, 0.2) is 48.5 Å². The molecule has 28 heavy (non-hydrogen) atoms. The predicted octanol–water partition coefficient (Wildman–Crippen LogP) is 5.10. The molecule has 0 fully saturated rings. The Labute approximate surface area is 169 Å². The summed E-state index contributed by atoms with van der Waals surface area (Å²) in [5, 5.41) is 4.08. The van der Waals surface area contributed by atoms with Gasteiger partial charge in [0, 0.05) is 21.8 Å². The van der Waals surface area contributed by atoms with Crippen LogP contribution in [-0.2, 0) is 4.74 Å². The topological polar surface area (TPSA) is 72.5 Å². The fraction of sp³-hybridized carbons (Fsp3) is 0.0952. The Balaban J connectivity index is 1.88. The van der Waals surface area contributed by atoms with Crippen molar-refractivity contribution >= 4 is 51.2 Å². The van der Waals surface area contributed by atoms with Crippen LogP contribution in [0.4, 0.5) is 10.7 Å². The highest BCUT2D eigenvalue weighted by Gasteiger charge is 2.38. The van der Waals surface area contributed by atoms with Gasteiger partial charge in [-0.2, -0.15) is 0 Å². The summed E-state index contributed by atoms with van der Waals surface area (Å²) < 4.78 is 5.16. The van der Waals surface area contributed by atoms with Gasteiger partial charge in [0.25, 0.3) is 0 Å². The highest BCUT2D eigenvalue weighted by molar-refractivity contribution is 7.19. The molecule has 1 N–H and O–H groups in total. The number of fused-ring (bicyclic) bond motifs is 2. The lowest BCUT2D eigenvalue weighted by atomic mass is 9.87. The Bertz CT molecular complexity index is 1120. The number of esters is 1. The molecule has 0 bridgehead atoms. The van der Waals surface area contributed by atoms with Crippen LogP contribution in [0.25, 0.3) is 0 Å². The summed E-state index contributed by atoms with van der Waals surface area (Å²) in [6, 6.07) is 13.5. The average molecular weight is 412 g/mol. The van der Waals surface area contributed by atoms with E-state index < -0.39 is 5.97 Å². The van der Waals surface area contributed by atoms with Gasteiger partial charge in [-0.15, -0.1) is 11.3 Å². The number of benzene rings is 2. The smallest absolute Gasteiger partial charge is 0.341 e. The molecule has 5 nitrogen and oxygen atoms in total. The predicted molar refractivity (Wildman–Crippen MR) is 108 cm³/mol. The summed E-state index contributed by atoms with van der Waals surface area (Å²) in [5.41, 5.74) is 1.50. The minimum Gasteiger partial charge on any atom is -0.462 e. The van der Waals surface area contributed by atoms with Gasteiger partial charge in [0.2, 0.25) is 5.78 Å². The Morgan fingerprint density at radius 3 is 2.32 bits per heavy atom. The normalized spacial score (nSPS) is 12.4. The molecule has 1 aliphatic carbocycles. The highest BCUT2D eigenvalue weighted by atomic mass is 35.5. The van der Waals surface area contributed by atoms with Gasteiger partial charge in [-0.1, -0.05) is 35.9 Å². The second-order valence-corrected chi connectivity index (χ2v) is 7.52. The van der Waals surface area contributed by atoms with Crippen LogP contribution in [0.1, 0.15) is 48.4 Å². The zero-order valence-corrected chi connectivity index (χ0v) is 16.3. The van der Waals surface area contributed by atoms with E-state index in [1.807, 2.05) is 0 Å². The number of ether oxygens (including phenoxy) is 1. The monoisotopic (exact) mass is 411 g/mol. The van der Waals surface area contributed by atoms with Gasteiger partial charge in [0.15, 0.2) is 5.78 Å². The Morgan fingerprint density at radius 2 is 1.68 bits per heavy atom. The van der Waals surface area contributed by atoms with Crippen LogP contribution < -0.4 is 5.32 Å². The third-order valence-corrected chi connectivity index (χ3v) is 5.70. The van der Waals surface area contributed by atoms with Crippen LogP contribution in [0, 0.1) is 0 Å². The Hall–Kier alpha value is -2.96. The average Bonchev–Trinajstić information content (AvgIpc) is 3.08. The number of ketones is 2. The van der Waals surface area contributed by atoms with E-state index in [-0.39, 0.29) is 34.2 Å². The lowest BCUT2D eigenvalue weighted by molar-refractivity contribution is 0.0525. The van der Waals surface area contributed by atoms with E-state index in [0.717, 1.165) is 11.3 Å². The summed E-state index contributed by atoms with van der Waals surface area (Å²) in [6.45, 7) is 1.84. The van der Waals surface area contributed by atoms with Gasteiger partial charge in [0.05, 0.1) is 17.0 Å². The summed E-state index contributed by atoms with van der Waals surface area (Å²) >= 11 is 7.00. The summed E-state index contributed by atoms with van der Waals surface area (Å²) in [5.74, 6) is -1.27. The van der Waals surface area contributed by atoms with Gasteiger partial charge in [-0.05, 0) is 31.2 Å². The maximum Gasteiger partial charge on any atom is 0.341 e. The molecule has 2 aromatic carbocycles. The molecule has 0 aliphatic heterocycles. The van der Waals surface area contributed by atoms with Gasteiger partial charge in [-0.25, -0.2) is 4.79 Å². The molecular weight excluding hydrogens is 398 g/mol. The highest BCUT2D eigenvalue weighted by Crippen LogP contribution is 2.41. The number of hydrogen-bond acceptors (Lipinski definition) is 6. The summed E-state index contributed by atoms with van der Waals surface area (Å²) in [4.78, 5) is 39.0. The van der Waals surface area contributed by atoms with Gasteiger partial charge < -0.3 is 10.1 Å². The second kappa shape index (κ2) is 7.22.